The van der Waals surface area contributed by atoms with E-state index in [2.05, 4.69) is 22.1 Å². The molecule has 1 aromatic rings. The first-order chi connectivity index (χ1) is 7.18. The molecule has 1 aliphatic rings. The molecule has 4 nitrogen and oxygen atoms in total. The van der Waals surface area contributed by atoms with Crippen LogP contribution in [0.25, 0.3) is 0 Å². The van der Waals surface area contributed by atoms with E-state index in [1.54, 1.807) is 6.20 Å². The molecule has 1 N–H and O–H groups in total. The average molecular weight is 229 g/mol. The molecule has 1 aliphatic heterocycles. The van der Waals surface area contributed by atoms with Crippen LogP contribution in [-0.4, -0.2) is 40.1 Å². The number of halogens is 1. The SMILES string of the molecule is C[C@H]1CNCCN1Cc1ncc(Cl)n1C. The highest BCUT2D eigenvalue weighted by Crippen LogP contribution is 2.13. The molecule has 15 heavy (non-hydrogen) atoms. The third-order valence-electron chi connectivity index (χ3n) is 3.01. The van der Waals surface area contributed by atoms with Gasteiger partial charge in [0.25, 0.3) is 0 Å². The first kappa shape index (κ1) is 10.9. The van der Waals surface area contributed by atoms with Gasteiger partial charge >= 0.3 is 0 Å². The summed E-state index contributed by atoms with van der Waals surface area (Å²) >= 11 is 5.95. The topological polar surface area (TPSA) is 33.1 Å². The van der Waals surface area contributed by atoms with Crippen LogP contribution in [-0.2, 0) is 13.6 Å². The molecule has 0 aromatic carbocycles. The summed E-state index contributed by atoms with van der Waals surface area (Å²) in [7, 11) is 1.96. The van der Waals surface area contributed by atoms with Crippen molar-refractivity contribution >= 4 is 11.6 Å². The minimum atomic E-state index is 0.564. The van der Waals surface area contributed by atoms with E-state index in [9.17, 15) is 0 Å². The Morgan fingerprint density at radius 1 is 1.67 bits per heavy atom. The van der Waals surface area contributed by atoms with Crippen molar-refractivity contribution < 1.29 is 0 Å². The zero-order chi connectivity index (χ0) is 10.8. The predicted octanol–water partition coefficient (Wildman–Crippen LogP) is 0.867. The number of hydrogen-bond acceptors (Lipinski definition) is 3. The van der Waals surface area contributed by atoms with Gasteiger partial charge in [0.15, 0.2) is 0 Å². The van der Waals surface area contributed by atoms with Crippen molar-refractivity contribution in [3.63, 3.8) is 0 Å². The fourth-order valence-electron chi connectivity index (χ4n) is 1.87. The minimum absolute atomic E-state index is 0.564. The lowest BCUT2D eigenvalue weighted by Gasteiger charge is -2.33. The lowest BCUT2D eigenvalue weighted by molar-refractivity contribution is 0.160. The van der Waals surface area contributed by atoms with Gasteiger partial charge in [0.1, 0.15) is 11.0 Å². The smallest absolute Gasteiger partial charge is 0.128 e. The third kappa shape index (κ3) is 2.33. The maximum Gasteiger partial charge on any atom is 0.128 e. The Bertz CT molecular complexity index is 336. The number of aromatic nitrogens is 2. The number of hydrogen-bond donors (Lipinski definition) is 1. The van der Waals surface area contributed by atoms with Gasteiger partial charge in [0.05, 0.1) is 12.7 Å². The zero-order valence-electron chi connectivity index (χ0n) is 9.20. The maximum absolute atomic E-state index is 5.95. The Labute approximate surface area is 95.2 Å². The van der Waals surface area contributed by atoms with Gasteiger partial charge in [0.2, 0.25) is 0 Å². The standard InChI is InChI=1S/C10H17ClN4/c1-8-5-12-3-4-15(8)7-10-13-6-9(11)14(10)2/h6,8,12H,3-5,7H2,1-2H3/t8-/m0/s1. The molecular formula is C10H17ClN4. The first-order valence-electron chi connectivity index (χ1n) is 5.29. The molecule has 0 aliphatic carbocycles. The van der Waals surface area contributed by atoms with Gasteiger partial charge < -0.3 is 9.88 Å². The Kier molecular flexibility index (Phi) is 3.29. The van der Waals surface area contributed by atoms with E-state index in [1.165, 1.54) is 0 Å². The van der Waals surface area contributed by atoms with Crippen molar-refractivity contribution in [2.45, 2.75) is 19.5 Å². The van der Waals surface area contributed by atoms with Crippen LogP contribution in [0.15, 0.2) is 6.20 Å². The number of nitrogens with zero attached hydrogens (tertiary/aromatic N) is 3. The van der Waals surface area contributed by atoms with Crippen LogP contribution in [0, 0.1) is 0 Å². The third-order valence-corrected chi connectivity index (χ3v) is 3.36. The first-order valence-corrected chi connectivity index (χ1v) is 5.67. The van der Waals surface area contributed by atoms with Gasteiger partial charge in [-0.15, -0.1) is 0 Å². The Hall–Kier alpha value is -0.580. The van der Waals surface area contributed by atoms with E-state index in [0.717, 1.165) is 32.0 Å². The van der Waals surface area contributed by atoms with Crippen molar-refractivity contribution in [3.8, 4) is 0 Å². The summed E-state index contributed by atoms with van der Waals surface area (Å²) < 4.78 is 1.94. The fourth-order valence-corrected chi connectivity index (χ4v) is 2.02. The largest absolute Gasteiger partial charge is 0.321 e. The van der Waals surface area contributed by atoms with Crippen LogP contribution >= 0.6 is 11.6 Å². The number of piperazine rings is 1. The highest BCUT2D eigenvalue weighted by Gasteiger charge is 2.19. The molecule has 1 atom stereocenters. The molecule has 1 aromatic heterocycles. The zero-order valence-corrected chi connectivity index (χ0v) is 9.96. The van der Waals surface area contributed by atoms with Crippen LogP contribution in [0.4, 0.5) is 0 Å². The van der Waals surface area contributed by atoms with E-state index in [0.29, 0.717) is 11.2 Å². The molecule has 84 valence electrons. The molecule has 0 saturated carbocycles. The Morgan fingerprint density at radius 2 is 2.47 bits per heavy atom. The van der Waals surface area contributed by atoms with Gasteiger partial charge in [0, 0.05) is 32.7 Å². The van der Waals surface area contributed by atoms with Gasteiger partial charge in [-0.25, -0.2) is 4.98 Å². The molecule has 2 rings (SSSR count). The molecule has 5 heteroatoms. The summed E-state index contributed by atoms with van der Waals surface area (Å²) in [6, 6.07) is 0.564. The second-order valence-corrected chi connectivity index (χ2v) is 4.47. The fraction of sp³-hybridized carbons (Fsp3) is 0.700. The predicted molar refractivity (Wildman–Crippen MR) is 61.0 cm³/mol. The average Bonchev–Trinajstić information content (AvgIpc) is 2.53. The van der Waals surface area contributed by atoms with Gasteiger partial charge in [-0.05, 0) is 6.92 Å². The van der Waals surface area contributed by atoms with Crippen LogP contribution in [0.3, 0.4) is 0 Å². The normalized spacial score (nSPS) is 23.3. The molecule has 0 amide bonds. The van der Waals surface area contributed by atoms with Crippen molar-refractivity contribution in [3.05, 3.63) is 17.2 Å². The van der Waals surface area contributed by atoms with Crippen molar-refractivity contribution in [1.82, 2.24) is 19.8 Å². The van der Waals surface area contributed by atoms with Crippen LogP contribution < -0.4 is 5.32 Å². The summed E-state index contributed by atoms with van der Waals surface area (Å²) in [4.78, 5) is 6.74. The van der Waals surface area contributed by atoms with Gasteiger partial charge in [-0.3, -0.25) is 4.90 Å². The van der Waals surface area contributed by atoms with E-state index < -0.39 is 0 Å². The van der Waals surface area contributed by atoms with Crippen LogP contribution in [0.5, 0.6) is 0 Å². The van der Waals surface area contributed by atoms with Gasteiger partial charge in [-0.2, -0.15) is 0 Å². The Balaban J connectivity index is 2.04. The summed E-state index contributed by atoms with van der Waals surface area (Å²) in [5.41, 5.74) is 0. The minimum Gasteiger partial charge on any atom is -0.321 e. The summed E-state index contributed by atoms with van der Waals surface area (Å²) in [5, 5.41) is 4.08. The highest BCUT2D eigenvalue weighted by atomic mass is 35.5. The monoisotopic (exact) mass is 228 g/mol. The van der Waals surface area contributed by atoms with Crippen LogP contribution in [0.2, 0.25) is 5.15 Å². The molecule has 0 radical (unpaired) electrons. The van der Waals surface area contributed by atoms with Crippen molar-refractivity contribution in [1.29, 1.82) is 0 Å². The van der Waals surface area contributed by atoms with Gasteiger partial charge in [-0.1, -0.05) is 11.6 Å². The molecule has 0 bridgehead atoms. The summed E-state index contributed by atoms with van der Waals surface area (Å²) in [6.07, 6.45) is 1.71. The molecule has 2 heterocycles. The lowest BCUT2D eigenvalue weighted by Crippen LogP contribution is -2.49. The van der Waals surface area contributed by atoms with Crippen molar-refractivity contribution in [2.75, 3.05) is 19.6 Å². The molecule has 1 saturated heterocycles. The quantitative estimate of drug-likeness (QED) is 0.816. The van der Waals surface area contributed by atoms with E-state index in [4.69, 9.17) is 11.6 Å². The number of imidazole rings is 1. The summed E-state index contributed by atoms with van der Waals surface area (Å²) in [5.74, 6) is 1.04. The van der Waals surface area contributed by atoms with Crippen molar-refractivity contribution in [2.24, 2.45) is 7.05 Å². The van der Waals surface area contributed by atoms with Crippen LogP contribution in [0.1, 0.15) is 12.7 Å². The second-order valence-electron chi connectivity index (χ2n) is 4.08. The van der Waals surface area contributed by atoms with E-state index in [1.807, 2.05) is 11.6 Å². The second kappa shape index (κ2) is 4.51. The van der Waals surface area contributed by atoms with E-state index in [-0.39, 0.29) is 0 Å². The molecule has 0 spiro atoms. The lowest BCUT2D eigenvalue weighted by atomic mass is 10.2. The maximum atomic E-state index is 5.95. The highest BCUT2D eigenvalue weighted by molar-refractivity contribution is 6.29. The molecule has 0 unspecified atom stereocenters. The van der Waals surface area contributed by atoms with E-state index >= 15 is 0 Å². The molecular weight excluding hydrogens is 212 g/mol. The Morgan fingerprint density at radius 3 is 3.07 bits per heavy atom. The molecule has 1 fully saturated rings. The number of rotatable bonds is 2. The summed E-state index contributed by atoms with van der Waals surface area (Å²) in [6.45, 7) is 6.30. The number of nitrogens with one attached hydrogen (secondary N) is 1.